The van der Waals surface area contributed by atoms with E-state index in [4.69, 9.17) is 10.2 Å². The predicted molar refractivity (Wildman–Crippen MR) is 98.1 cm³/mol. The molecule has 128 valence electrons. The number of furan rings is 1. The highest BCUT2D eigenvalue weighted by molar-refractivity contribution is 7.99. The third-order valence-electron chi connectivity index (χ3n) is 3.46. The maximum atomic E-state index is 12.5. The van der Waals surface area contributed by atoms with Gasteiger partial charge in [0.1, 0.15) is 10.7 Å². The molecule has 3 aromatic rings. The molecule has 6 nitrogen and oxygen atoms in total. The Bertz CT molecular complexity index is 890. The average Bonchev–Trinajstić information content (AvgIpc) is 3.28. The zero-order chi connectivity index (χ0) is 17.8. The van der Waals surface area contributed by atoms with Gasteiger partial charge >= 0.3 is 5.88 Å². The van der Waals surface area contributed by atoms with Crippen LogP contribution in [0.3, 0.4) is 0 Å². The molecule has 0 saturated carbocycles. The van der Waals surface area contributed by atoms with Crippen LogP contribution in [0.25, 0.3) is 0 Å². The van der Waals surface area contributed by atoms with E-state index in [-0.39, 0.29) is 18.1 Å². The summed E-state index contributed by atoms with van der Waals surface area (Å²) in [5.41, 5.74) is 6.57. The molecule has 1 aromatic carbocycles. The lowest BCUT2D eigenvalue weighted by molar-refractivity contribution is -0.402. The number of thioether (sulfide) groups is 1. The number of Topliss-reactive ketones (excluding diaryl/α,β-unsaturated/α-hetero) is 1. The van der Waals surface area contributed by atoms with Crippen molar-refractivity contribution in [3.63, 3.8) is 0 Å². The van der Waals surface area contributed by atoms with Crippen LogP contribution in [0, 0.1) is 10.1 Å². The Balaban J connectivity index is 1.88. The SMILES string of the molecule is Nc1ccccc1S[C@H](CC(=O)c1cccs1)c1ccc([N+](=O)[O-])o1. The zero-order valence-electron chi connectivity index (χ0n) is 13.0. The maximum absolute atomic E-state index is 12.5. The Labute approximate surface area is 151 Å². The van der Waals surface area contributed by atoms with E-state index >= 15 is 0 Å². The van der Waals surface area contributed by atoms with Gasteiger partial charge in [0.25, 0.3) is 0 Å². The lowest BCUT2D eigenvalue weighted by Gasteiger charge is -2.14. The molecule has 25 heavy (non-hydrogen) atoms. The van der Waals surface area contributed by atoms with Gasteiger partial charge in [-0.25, -0.2) is 0 Å². The topological polar surface area (TPSA) is 99.4 Å². The van der Waals surface area contributed by atoms with Gasteiger partial charge in [-0.3, -0.25) is 14.9 Å². The first kappa shape index (κ1) is 17.2. The van der Waals surface area contributed by atoms with Crippen LogP contribution in [-0.4, -0.2) is 10.7 Å². The smallest absolute Gasteiger partial charge is 0.405 e. The fourth-order valence-electron chi connectivity index (χ4n) is 2.26. The van der Waals surface area contributed by atoms with Crippen LogP contribution in [0.5, 0.6) is 0 Å². The summed E-state index contributed by atoms with van der Waals surface area (Å²) in [4.78, 5) is 24.2. The third kappa shape index (κ3) is 4.09. The van der Waals surface area contributed by atoms with Gasteiger partial charge in [-0.2, -0.15) is 0 Å². The molecule has 2 aromatic heterocycles. The van der Waals surface area contributed by atoms with Gasteiger partial charge in [-0.15, -0.1) is 23.1 Å². The molecule has 2 heterocycles. The molecule has 0 unspecified atom stereocenters. The number of nitrogen functional groups attached to an aromatic ring is 1. The van der Waals surface area contributed by atoms with Crippen molar-refractivity contribution in [1.29, 1.82) is 0 Å². The number of carbonyl (C=O) groups excluding carboxylic acids is 1. The highest BCUT2D eigenvalue weighted by Gasteiger charge is 2.25. The molecule has 3 rings (SSSR count). The summed E-state index contributed by atoms with van der Waals surface area (Å²) in [7, 11) is 0. The van der Waals surface area contributed by atoms with Crippen LogP contribution in [-0.2, 0) is 0 Å². The molecule has 0 aliphatic heterocycles. The largest absolute Gasteiger partial charge is 0.433 e. The monoisotopic (exact) mass is 374 g/mol. The highest BCUT2D eigenvalue weighted by Crippen LogP contribution is 2.42. The fraction of sp³-hybridized carbons (Fsp3) is 0.118. The molecule has 0 radical (unpaired) electrons. The van der Waals surface area contributed by atoms with Gasteiger partial charge in [-0.05, 0) is 29.6 Å². The third-order valence-corrected chi connectivity index (χ3v) is 5.69. The molecule has 0 aliphatic carbocycles. The van der Waals surface area contributed by atoms with Crippen LogP contribution >= 0.6 is 23.1 Å². The summed E-state index contributed by atoms with van der Waals surface area (Å²) in [5, 5.41) is 12.3. The van der Waals surface area contributed by atoms with Gasteiger partial charge in [0, 0.05) is 17.0 Å². The summed E-state index contributed by atoms with van der Waals surface area (Å²) >= 11 is 2.73. The molecule has 0 amide bonds. The standard InChI is InChI=1S/C17H14N2O4S2/c18-11-4-1-2-5-14(11)25-16(10-12(20)15-6-3-9-24-15)13-7-8-17(23-13)19(21)22/h1-9,16H,10,18H2/t16-/m1/s1. The number of nitrogens with two attached hydrogens (primary N) is 1. The van der Waals surface area contributed by atoms with Crippen molar-refractivity contribution in [1.82, 2.24) is 0 Å². The van der Waals surface area contributed by atoms with Crippen LogP contribution in [0.1, 0.15) is 27.1 Å². The number of ketones is 1. The van der Waals surface area contributed by atoms with Gasteiger partial charge in [0.05, 0.1) is 16.2 Å². The number of benzene rings is 1. The maximum Gasteiger partial charge on any atom is 0.433 e. The van der Waals surface area contributed by atoms with E-state index in [0.717, 1.165) is 4.90 Å². The first-order chi connectivity index (χ1) is 12.0. The zero-order valence-corrected chi connectivity index (χ0v) is 14.6. The van der Waals surface area contributed by atoms with E-state index < -0.39 is 10.2 Å². The quantitative estimate of drug-likeness (QED) is 0.207. The van der Waals surface area contributed by atoms with Crippen molar-refractivity contribution < 1.29 is 14.1 Å². The van der Waals surface area contributed by atoms with Crippen LogP contribution < -0.4 is 5.73 Å². The number of carbonyl (C=O) groups is 1. The van der Waals surface area contributed by atoms with Crippen molar-refractivity contribution in [2.24, 2.45) is 0 Å². The molecular weight excluding hydrogens is 360 g/mol. The van der Waals surface area contributed by atoms with Gasteiger partial charge < -0.3 is 10.2 Å². The first-order valence-corrected chi connectivity index (χ1v) is 9.12. The van der Waals surface area contributed by atoms with Crippen molar-refractivity contribution in [2.75, 3.05) is 5.73 Å². The molecule has 8 heteroatoms. The Morgan fingerprint density at radius 2 is 2.04 bits per heavy atom. The minimum atomic E-state index is -0.594. The summed E-state index contributed by atoms with van der Waals surface area (Å²) in [6.45, 7) is 0. The minimum absolute atomic E-state index is 0.0407. The number of hydrogen-bond acceptors (Lipinski definition) is 7. The summed E-state index contributed by atoms with van der Waals surface area (Å²) in [5.74, 6) is -0.00359. The van der Waals surface area contributed by atoms with E-state index in [1.807, 2.05) is 29.6 Å². The van der Waals surface area contributed by atoms with E-state index in [1.54, 1.807) is 12.1 Å². The van der Waals surface area contributed by atoms with Crippen molar-refractivity contribution in [3.05, 3.63) is 74.7 Å². The number of hydrogen-bond donors (Lipinski definition) is 1. The number of nitrogens with zero attached hydrogens (tertiary/aromatic N) is 1. The normalized spacial score (nSPS) is 12.0. The van der Waals surface area contributed by atoms with Crippen LogP contribution in [0.2, 0.25) is 0 Å². The summed E-state index contributed by atoms with van der Waals surface area (Å²) in [6.07, 6.45) is 0.157. The van der Waals surface area contributed by atoms with Crippen LogP contribution in [0.4, 0.5) is 11.6 Å². The lowest BCUT2D eigenvalue weighted by Crippen LogP contribution is -2.04. The predicted octanol–water partition coefficient (Wildman–Crippen LogP) is 4.94. The molecule has 0 fully saturated rings. The highest BCUT2D eigenvalue weighted by atomic mass is 32.2. The van der Waals surface area contributed by atoms with E-state index in [2.05, 4.69) is 0 Å². The Morgan fingerprint density at radius 1 is 1.24 bits per heavy atom. The Hall–Kier alpha value is -2.58. The second-order valence-electron chi connectivity index (χ2n) is 5.18. The fourth-order valence-corrected chi connectivity index (χ4v) is 4.08. The number of anilines is 1. The van der Waals surface area contributed by atoms with Gasteiger partial charge in [0.15, 0.2) is 5.78 Å². The van der Waals surface area contributed by atoms with Crippen molar-refractivity contribution >= 4 is 40.5 Å². The number of nitro groups is 1. The second kappa shape index (κ2) is 7.54. The van der Waals surface area contributed by atoms with Gasteiger partial charge in [-0.1, -0.05) is 18.2 Å². The molecule has 1 atom stereocenters. The molecule has 0 bridgehead atoms. The number of para-hydroxylation sites is 1. The average molecular weight is 374 g/mol. The molecule has 0 aliphatic rings. The van der Waals surface area contributed by atoms with Crippen molar-refractivity contribution in [3.8, 4) is 0 Å². The number of thiophene rings is 1. The van der Waals surface area contributed by atoms with Crippen molar-refractivity contribution in [2.45, 2.75) is 16.6 Å². The molecule has 2 N–H and O–H groups in total. The Morgan fingerprint density at radius 3 is 2.68 bits per heavy atom. The minimum Gasteiger partial charge on any atom is -0.405 e. The first-order valence-electron chi connectivity index (χ1n) is 7.36. The summed E-state index contributed by atoms with van der Waals surface area (Å²) in [6, 6.07) is 13.7. The lowest BCUT2D eigenvalue weighted by atomic mass is 10.1. The molecule has 0 saturated heterocycles. The summed E-state index contributed by atoms with van der Waals surface area (Å²) < 4.78 is 5.33. The second-order valence-corrected chi connectivity index (χ2v) is 7.37. The van der Waals surface area contributed by atoms with E-state index in [9.17, 15) is 14.9 Å². The molecular formula is C17H14N2O4S2. The molecule has 0 spiro atoms. The van der Waals surface area contributed by atoms with Crippen LogP contribution in [0.15, 0.2) is 63.2 Å². The Kier molecular flexibility index (Phi) is 5.20. The van der Waals surface area contributed by atoms with E-state index in [1.165, 1.54) is 35.2 Å². The van der Waals surface area contributed by atoms with E-state index in [0.29, 0.717) is 16.3 Å². The number of rotatable bonds is 7. The van der Waals surface area contributed by atoms with Gasteiger partial charge in [0.2, 0.25) is 0 Å².